The van der Waals surface area contributed by atoms with E-state index in [4.69, 9.17) is 0 Å². The molecule has 28 heavy (non-hydrogen) atoms. The largest absolute Gasteiger partial charge is 0.504 e. The molecule has 8 N–H and O–H groups in total. The zero-order chi connectivity index (χ0) is 20.3. The van der Waals surface area contributed by atoms with Gasteiger partial charge in [-0.2, -0.15) is 0 Å². The summed E-state index contributed by atoms with van der Waals surface area (Å²) in [4.78, 5) is 27.7. The molecule has 2 aromatic heterocycles. The first-order chi connectivity index (χ1) is 13.2. The van der Waals surface area contributed by atoms with Crippen molar-refractivity contribution in [3.63, 3.8) is 0 Å². The maximum atomic E-state index is 11.3. The molecule has 2 aromatic carbocycles. The van der Waals surface area contributed by atoms with Gasteiger partial charge < -0.3 is 40.6 Å². The molecule has 0 bridgehead atoms. The van der Waals surface area contributed by atoms with Gasteiger partial charge in [0.2, 0.25) is 0 Å². The number of hydrogen-bond acceptors (Lipinski definition) is 6. The molecule has 0 unspecified atom stereocenters. The van der Waals surface area contributed by atoms with Gasteiger partial charge in [-0.1, -0.05) is 0 Å². The molecule has 0 aliphatic rings. The van der Waals surface area contributed by atoms with E-state index in [0.29, 0.717) is 0 Å². The molecule has 0 aliphatic heterocycles. The van der Waals surface area contributed by atoms with Crippen molar-refractivity contribution in [3.05, 3.63) is 35.7 Å². The lowest BCUT2D eigenvalue weighted by Crippen LogP contribution is -1.95. The fraction of sp³-hybridized carbons (Fsp3) is 0. The Bertz CT molecular complexity index is 1210. The predicted molar refractivity (Wildman–Crippen MR) is 96.2 cm³/mol. The van der Waals surface area contributed by atoms with Crippen LogP contribution in [0.3, 0.4) is 0 Å². The minimum absolute atomic E-state index is 0.0629. The van der Waals surface area contributed by atoms with Crippen LogP contribution in [0.15, 0.2) is 24.3 Å². The number of nitrogens with one attached hydrogen (secondary N) is 2. The maximum absolute atomic E-state index is 11.3. The molecule has 4 rings (SSSR count). The molecule has 2 heterocycles. The highest BCUT2D eigenvalue weighted by atomic mass is 16.4. The van der Waals surface area contributed by atoms with E-state index in [1.807, 2.05) is 0 Å². The summed E-state index contributed by atoms with van der Waals surface area (Å²) < 4.78 is 0. The molecule has 0 radical (unpaired) electrons. The minimum Gasteiger partial charge on any atom is -0.504 e. The summed E-state index contributed by atoms with van der Waals surface area (Å²) in [6.45, 7) is 0. The number of aromatic nitrogens is 2. The van der Waals surface area contributed by atoms with Crippen molar-refractivity contribution < 1.29 is 40.2 Å². The third-order valence-electron chi connectivity index (χ3n) is 4.46. The van der Waals surface area contributed by atoms with Gasteiger partial charge in [0.1, 0.15) is 11.4 Å². The summed E-state index contributed by atoms with van der Waals surface area (Å²) in [5.74, 6) is -5.16. The van der Waals surface area contributed by atoms with Gasteiger partial charge in [-0.15, -0.1) is 0 Å². The van der Waals surface area contributed by atoms with Crippen LogP contribution in [-0.2, 0) is 0 Å². The van der Waals surface area contributed by atoms with Crippen LogP contribution in [0.25, 0.3) is 32.9 Å². The second-order valence-electron chi connectivity index (χ2n) is 6.14. The molecule has 0 atom stereocenters. The van der Waals surface area contributed by atoms with Gasteiger partial charge in [0.15, 0.2) is 23.0 Å². The van der Waals surface area contributed by atoms with Gasteiger partial charge in [0, 0.05) is 22.4 Å². The van der Waals surface area contributed by atoms with E-state index in [1.54, 1.807) is 0 Å². The fourth-order valence-electron chi connectivity index (χ4n) is 3.23. The van der Waals surface area contributed by atoms with Crippen molar-refractivity contribution in [2.75, 3.05) is 0 Å². The molecule has 0 fully saturated rings. The quantitative estimate of drug-likeness (QED) is 0.247. The Labute approximate surface area is 154 Å². The second kappa shape index (κ2) is 5.58. The van der Waals surface area contributed by atoms with Crippen molar-refractivity contribution in [2.45, 2.75) is 0 Å². The predicted octanol–water partition coefficient (Wildman–Crippen LogP) is 2.54. The lowest BCUT2D eigenvalue weighted by atomic mass is 9.96. The van der Waals surface area contributed by atoms with Gasteiger partial charge in [0.25, 0.3) is 0 Å². The Morgan fingerprint density at radius 2 is 1.29 bits per heavy atom. The topological polar surface area (TPSA) is 187 Å². The normalized spacial score (nSPS) is 11.3. The third-order valence-corrected chi connectivity index (χ3v) is 4.46. The van der Waals surface area contributed by atoms with E-state index in [9.17, 15) is 40.2 Å². The van der Waals surface area contributed by atoms with Crippen LogP contribution in [0.4, 0.5) is 0 Å². The van der Waals surface area contributed by atoms with Gasteiger partial charge in [-0.05, 0) is 18.2 Å². The summed E-state index contributed by atoms with van der Waals surface area (Å²) in [5.41, 5.74) is -0.656. The van der Waals surface area contributed by atoms with Crippen molar-refractivity contribution in [1.29, 1.82) is 0 Å². The number of fused-ring (bicyclic) bond motifs is 2. The molecular weight excluding hydrogens is 372 g/mol. The van der Waals surface area contributed by atoms with E-state index in [0.717, 1.165) is 12.1 Å². The van der Waals surface area contributed by atoms with E-state index >= 15 is 0 Å². The van der Waals surface area contributed by atoms with Crippen LogP contribution in [-0.4, -0.2) is 52.5 Å². The number of hydrogen-bond donors (Lipinski definition) is 8. The highest BCUT2D eigenvalue weighted by Gasteiger charge is 2.25. The lowest BCUT2D eigenvalue weighted by Gasteiger charge is -2.13. The van der Waals surface area contributed by atoms with Crippen molar-refractivity contribution in [1.82, 2.24) is 9.97 Å². The Morgan fingerprint density at radius 3 is 1.93 bits per heavy atom. The van der Waals surface area contributed by atoms with Gasteiger partial charge in [-0.3, -0.25) is 0 Å². The number of phenols is 4. The van der Waals surface area contributed by atoms with Gasteiger partial charge >= 0.3 is 11.9 Å². The van der Waals surface area contributed by atoms with Crippen LogP contribution >= 0.6 is 0 Å². The first-order valence-corrected chi connectivity index (χ1v) is 7.81. The van der Waals surface area contributed by atoms with Crippen LogP contribution in [0.1, 0.15) is 21.0 Å². The third kappa shape index (κ3) is 2.28. The van der Waals surface area contributed by atoms with Crippen LogP contribution in [0.2, 0.25) is 0 Å². The summed E-state index contributed by atoms with van der Waals surface area (Å²) in [6.07, 6.45) is 0. The molecule has 10 heteroatoms. The highest BCUT2D eigenvalue weighted by molar-refractivity contribution is 6.12. The standard InChI is InChI=1S/C18H12N2O8/c21-10-2-5-1-8(17(25)26)20-14(5)13(16(10)24)12-6-3-9(18(27)28)19-7(6)4-11(22)15(12)23/h1-4,19-24H,(H,25,26)(H,27,28). The minimum atomic E-state index is -1.29. The van der Waals surface area contributed by atoms with Gasteiger partial charge in [0.05, 0.1) is 16.6 Å². The molecule has 0 amide bonds. The lowest BCUT2D eigenvalue weighted by molar-refractivity contribution is 0.0681. The van der Waals surface area contributed by atoms with E-state index in [2.05, 4.69) is 9.97 Å². The molecule has 10 nitrogen and oxygen atoms in total. The van der Waals surface area contributed by atoms with Crippen molar-refractivity contribution in [3.8, 4) is 34.1 Å². The number of carboxylic acids is 2. The number of rotatable bonds is 3. The van der Waals surface area contributed by atoms with Gasteiger partial charge in [-0.25, -0.2) is 9.59 Å². The molecule has 4 aromatic rings. The number of carbonyl (C=O) groups is 2. The maximum Gasteiger partial charge on any atom is 0.352 e. The monoisotopic (exact) mass is 384 g/mol. The van der Waals surface area contributed by atoms with Crippen molar-refractivity contribution >= 4 is 33.7 Å². The Kier molecular flexibility index (Phi) is 3.40. The molecule has 0 spiro atoms. The molecular formula is C18H12N2O8. The zero-order valence-corrected chi connectivity index (χ0v) is 13.8. The number of aromatic carboxylic acids is 2. The molecule has 142 valence electrons. The summed E-state index contributed by atoms with van der Waals surface area (Å²) in [7, 11) is 0. The number of aromatic hydroxyl groups is 4. The van der Waals surface area contributed by atoms with E-state index in [-0.39, 0.29) is 44.3 Å². The van der Waals surface area contributed by atoms with E-state index < -0.39 is 34.9 Å². The Balaban J connectivity index is 2.20. The number of phenolic OH excluding ortho intramolecular Hbond substituents is 4. The number of H-pyrrole nitrogens is 2. The average molecular weight is 384 g/mol. The Hall–Kier alpha value is -4.34. The number of aromatic amines is 2. The first-order valence-electron chi connectivity index (χ1n) is 7.81. The second-order valence-corrected chi connectivity index (χ2v) is 6.14. The van der Waals surface area contributed by atoms with E-state index in [1.165, 1.54) is 12.1 Å². The average Bonchev–Trinajstić information content (AvgIpc) is 3.22. The Morgan fingerprint density at radius 1 is 0.714 bits per heavy atom. The molecule has 0 saturated heterocycles. The summed E-state index contributed by atoms with van der Waals surface area (Å²) in [5, 5.41) is 59.8. The summed E-state index contributed by atoms with van der Waals surface area (Å²) in [6, 6.07) is 4.64. The smallest absolute Gasteiger partial charge is 0.352 e. The zero-order valence-electron chi connectivity index (χ0n) is 13.8. The summed E-state index contributed by atoms with van der Waals surface area (Å²) >= 11 is 0. The number of carboxylic acid groups (broad SMARTS) is 2. The van der Waals surface area contributed by atoms with Crippen LogP contribution in [0.5, 0.6) is 23.0 Å². The van der Waals surface area contributed by atoms with Crippen LogP contribution in [0, 0.1) is 0 Å². The first kappa shape index (κ1) is 17.1. The molecule has 0 aliphatic carbocycles. The van der Waals surface area contributed by atoms with Crippen LogP contribution < -0.4 is 0 Å². The SMILES string of the molecule is O=C(O)c1cc2c(-c3c(O)c(O)cc4cc(C(=O)O)[nH]c34)c(O)c(O)cc2[nH]1. The molecule has 0 saturated carbocycles. The fourth-order valence-corrected chi connectivity index (χ4v) is 3.23. The highest BCUT2D eigenvalue weighted by Crippen LogP contribution is 2.50. The van der Waals surface area contributed by atoms with Crippen molar-refractivity contribution in [2.24, 2.45) is 0 Å². The number of benzene rings is 2.